The molecule has 0 fully saturated rings. The van der Waals surface area contributed by atoms with Crippen LogP contribution in [-0.4, -0.2) is 23.4 Å². The van der Waals surface area contributed by atoms with Crippen LogP contribution in [0.3, 0.4) is 0 Å². The molecule has 136 valence electrons. The highest BCUT2D eigenvalue weighted by Gasteiger charge is 2.09. The van der Waals surface area contributed by atoms with Crippen LogP contribution in [-0.2, 0) is 12.8 Å². The maximum absolute atomic E-state index is 9.14. The van der Waals surface area contributed by atoms with Crippen molar-refractivity contribution in [3.63, 3.8) is 0 Å². The lowest BCUT2D eigenvalue weighted by Crippen LogP contribution is -2.09. The van der Waals surface area contributed by atoms with Crippen molar-refractivity contribution in [1.82, 2.24) is 0 Å². The van der Waals surface area contributed by atoms with Crippen LogP contribution in [0.25, 0.3) is 11.1 Å². The fraction of sp³-hybridized carbons (Fsp3) is 0.478. The molecule has 2 N–H and O–H groups in total. The Morgan fingerprint density at radius 3 is 1.72 bits per heavy atom. The van der Waals surface area contributed by atoms with Crippen LogP contribution in [0.1, 0.15) is 50.2 Å². The molecule has 2 heteroatoms. The van der Waals surface area contributed by atoms with Gasteiger partial charge in [-0.15, -0.1) is 0 Å². The lowest BCUT2D eigenvalue weighted by Gasteiger charge is -2.14. The van der Waals surface area contributed by atoms with Crippen molar-refractivity contribution in [3.8, 4) is 11.1 Å². The summed E-state index contributed by atoms with van der Waals surface area (Å²) in [7, 11) is 0. The van der Waals surface area contributed by atoms with Crippen LogP contribution in [0.4, 0.5) is 0 Å². The zero-order valence-corrected chi connectivity index (χ0v) is 15.5. The molecule has 0 aromatic heterocycles. The molecule has 0 atom stereocenters. The first kappa shape index (κ1) is 19.7. The summed E-state index contributed by atoms with van der Waals surface area (Å²) in [6.45, 7) is 2.61. The van der Waals surface area contributed by atoms with Crippen LogP contribution >= 0.6 is 0 Å². The van der Waals surface area contributed by atoms with Crippen LogP contribution in [0.5, 0.6) is 0 Å². The number of rotatable bonds is 11. The fourth-order valence-electron chi connectivity index (χ4n) is 3.32. The molecule has 0 unspecified atom stereocenters. The summed E-state index contributed by atoms with van der Waals surface area (Å²) in [6.07, 6.45) is 7.43. The van der Waals surface area contributed by atoms with Crippen molar-refractivity contribution in [2.24, 2.45) is 5.92 Å². The summed E-state index contributed by atoms with van der Waals surface area (Å²) in [5.74, 6) is 0.350. The molecule has 0 radical (unpaired) electrons. The van der Waals surface area contributed by atoms with E-state index in [-0.39, 0.29) is 13.2 Å². The third-order valence-corrected chi connectivity index (χ3v) is 4.91. The average molecular weight is 341 g/mol. The van der Waals surface area contributed by atoms with Crippen molar-refractivity contribution in [3.05, 3.63) is 59.7 Å². The number of aliphatic hydroxyl groups excluding tert-OH is 2. The molecule has 2 rings (SSSR count). The Morgan fingerprint density at radius 2 is 1.24 bits per heavy atom. The Morgan fingerprint density at radius 1 is 0.720 bits per heavy atom. The first-order valence-corrected chi connectivity index (χ1v) is 9.66. The smallest absolute Gasteiger partial charge is 0.0433 e. The summed E-state index contributed by atoms with van der Waals surface area (Å²) < 4.78 is 0. The maximum atomic E-state index is 9.14. The molecular weight excluding hydrogens is 308 g/mol. The van der Waals surface area contributed by atoms with Crippen LogP contribution in [0.15, 0.2) is 48.5 Å². The van der Waals surface area contributed by atoms with E-state index in [2.05, 4.69) is 55.5 Å². The highest BCUT2D eigenvalue weighted by Crippen LogP contribution is 2.23. The molecule has 0 saturated heterocycles. The van der Waals surface area contributed by atoms with Gasteiger partial charge < -0.3 is 10.2 Å². The predicted molar refractivity (Wildman–Crippen MR) is 106 cm³/mol. The van der Waals surface area contributed by atoms with Gasteiger partial charge in [0.1, 0.15) is 0 Å². The minimum atomic E-state index is 0.188. The molecule has 0 spiro atoms. The molecule has 0 amide bonds. The van der Waals surface area contributed by atoms with E-state index in [0.717, 1.165) is 19.3 Å². The van der Waals surface area contributed by atoms with E-state index in [0.29, 0.717) is 5.92 Å². The van der Waals surface area contributed by atoms with Crippen molar-refractivity contribution in [1.29, 1.82) is 0 Å². The molecule has 0 aliphatic rings. The van der Waals surface area contributed by atoms with Gasteiger partial charge in [0.25, 0.3) is 0 Å². The van der Waals surface area contributed by atoms with E-state index in [9.17, 15) is 0 Å². The van der Waals surface area contributed by atoms with E-state index in [1.807, 2.05) is 0 Å². The summed E-state index contributed by atoms with van der Waals surface area (Å²) in [4.78, 5) is 0. The quantitative estimate of drug-likeness (QED) is 0.565. The van der Waals surface area contributed by atoms with Gasteiger partial charge in [0.15, 0.2) is 0 Å². The third kappa shape index (κ3) is 6.64. The van der Waals surface area contributed by atoms with E-state index in [4.69, 9.17) is 10.2 Å². The van der Waals surface area contributed by atoms with Gasteiger partial charge >= 0.3 is 0 Å². The maximum Gasteiger partial charge on any atom is 0.0433 e. The fourth-order valence-corrected chi connectivity index (χ4v) is 3.32. The molecule has 0 heterocycles. The van der Waals surface area contributed by atoms with Crippen molar-refractivity contribution in [2.75, 3.05) is 13.2 Å². The zero-order chi connectivity index (χ0) is 17.9. The minimum absolute atomic E-state index is 0.188. The van der Waals surface area contributed by atoms with E-state index in [1.54, 1.807) is 0 Å². The van der Waals surface area contributed by atoms with Gasteiger partial charge in [0.2, 0.25) is 0 Å². The SMILES string of the molecule is CCCCCc1ccc(-c2ccc(CC(CCO)CCO)cc2)cc1. The number of aliphatic hydroxyl groups is 2. The van der Waals surface area contributed by atoms with E-state index in [1.165, 1.54) is 47.9 Å². The second kappa shape index (κ2) is 11.1. The summed E-state index contributed by atoms with van der Waals surface area (Å²) in [5, 5.41) is 18.3. The number of aryl methyl sites for hydroxylation is 1. The molecule has 0 aliphatic carbocycles. The molecule has 0 saturated carbocycles. The second-order valence-corrected chi connectivity index (χ2v) is 6.95. The molecule has 0 aliphatic heterocycles. The normalized spacial score (nSPS) is 11.2. The number of hydrogen-bond donors (Lipinski definition) is 2. The van der Waals surface area contributed by atoms with Gasteiger partial charge in [0.05, 0.1) is 0 Å². The zero-order valence-electron chi connectivity index (χ0n) is 15.5. The number of benzene rings is 2. The van der Waals surface area contributed by atoms with Gasteiger partial charge in [-0.3, -0.25) is 0 Å². The summed E-state index contributed by atoms with van der Waals surface area (Å²) >= 11 is 0. The van der Waals surface area contributed by atoms with Gasteiger partial charge in [0, 0.05) is 13.2 Å². The molecule has 2 aromatic rings. The Labute approximate surface area is 152 Å². The van der Waals surface area contributed by atoms with Crippen LogP contribution in [0.2, 0.25) is 0 Å². The number of hydrogen-bond acceptors (Lipinski definition) is 2. The van der Waals surface area contributed by atoms with Crippen molar-refractivity contribution < 1.29 is 10.2 Å². The van der Waals surface area contributed by atoms with Gasteiger partial charge in [-0.25, -0.2) is 0 Å². The highest BCUT2D eigenvalue weighted by atomic mass is 16.3. The molecule has 25 heavy (non-hydrogen) atoms. The van der Waals surface area contributed by atoms with Crippen molar-refractivity contribution >= 4 is 0 Å². The lowest BCUT2D eigenvalue weighted by atomic mass is 9.92. The molecule has 2 aromatic carbocycles. The lowest BCUT2D eigenvalue weighted by molar-refractivity contribution is 0.215. The van der Waals surface area contributed by atoms with Gasteiger partial charge in [-0.05, 0) is 60.3 Å². The van der Waals surface area contributed by atoms with Gasteiger partial charge in [-0.2, -0.15) is 0 Å². The number of unbranched alkanes of at least 4 members (excludes halogenated alkanes) is 2. The van der Waals surface area contributed by atoms with Crippen LogP contribution in [0, 0.1) is 5.92 Å². The molecule has 0 bridgehead atoms. The third-order valence-electron chi connectivity index (χ3n) is 4.91. The Balaban J connectivity index is 1.96. The molecular formula is C23H32O2. The standard InChI is InChI=1S/C23H32O2/c1-2-3-4-5-19-6-10-22(11-7-19)23-12-8-20(9-13-23)18-21(14-16-24)15-17-25/h6-13,21,24-25H,2-5,14-18H2,1H3. The van der Waals surface area contributed by atoms with Crippen molar-refractivity contribution in [2.45, 2.75) is 51.9 Å². The predicted octanol–water partition coefficient (Wildman–Crippen LogP) is 5.01. The Bertz CT molecular complexity index is 580. The monoisotopic (exact) mass is 340 g/mol. The van der Waals surface area contributed by atoms with E-state index >= 15 is 0 Å². The first-order chi connectivity index (χ1) is 12.3. The molecule has 2 nitrogen and oxygen atoms in total. The topological polar surface area (TPSA) is 40.5 Å². The first-order valence-electron chi connectivity index (χ1n) is 9.66. The second-order valence-electron chi connectivity index (χ2n) is 6.95. The Kier molecular flexibility index (Phi) is 8.71. The highest BCUT2D eigenvalue weighted by molar-refractivity contribution is 5.64. The summed E-state index contributed by atoms with van der Waals surface area (Å²) in [6, 6.07) is 17.6. The van der Waals surface area contributed by atoms with Gasteiger partial charge in [-0.1, -0.05) is 68.3 Å². The average Bonchev–Trinajstić information content (AvgIpc) is 2.64. The largest absolute Gasteiger partial charge is 0.396 e. The minimum Gasteiger partial charge on any atom is -0.396 e. The van der Waals surface area contributed by atoms with Crippen LogP contribution < -0.4 is 0 Å². The van der Waals surface area contributed by atoms with E-state index < -0.39 is 0 Å². The Hall–Kier alpha value is -1.64. The summed E-state index contributed by atoms with van der Waals surface area (Å²) in [5.41, 5.74) is 5.19.